The summed E-state index contributed by atoms with van der Waals surface area (Å²) in [5.41, 5.74) is 4.67. The molecule has 1 heterocycles. The minimum absolute atomic E-state index is 0.840. The molecule has 0 fully saturated rings. The molecule has 4 rings (SSSR count). The highest BCUT2D eigenvalue weighted by Crippen LogP contribution is 2.22. The van der Waals surface area contributed by atoms with Gasteiger partial charge in [-0.1, -0.05) is 60.7 Å². The van der Waals surface area contributed by atoms with E-state index in [1.165, 1.54) is 16.8 Å². The van der Waals surface area contributed by atoms with Crippen molar-refractivity contribution in [3.63, 3.8) is 0 Å². The number of nitrogens with zero attached hydrogens (tertiary/aromatic N) is 2. The van der Waals surface area contributed by atoms with Crippen LogP contribution < -0.4 is 9.54 Å². The minimum Gasteiger partial charge on any atom is -0.497 e. The Morgan fingerprint density at radius 1 is 0.857 bits per heavy atom. The van der Waals surface area contributed by atoms with Gasteiger partial charge in [0.05, 0.1) is 18.5 Å². The van der Waals surface area contributed by atoms with Crippen LogP contribution in [0.2, 0.25) is 0 Å². The summed E-state index contributed by atoms with van der Waals surface area (Å²) >= 11 is 1.68. The number of rotatable bonds is 6. The lowest BCUT2D eigenvalue weighted by atomic mass is 10.1. The van der Waals surface area contributed by atoms with Gasteiger partial charge in [-0.2, -0.15) is 0 Å². The molecule has 4 heteroatoms. The first kappa shape index (κ1) is 18.3. The highest BCUT2D eigenvalue weighted by Gasteiger charge is 2.08. The van der Waals surface area contributed by atoms with E-state index in [4.69, 9.17) is 9.73 Å². The molecular formula is C24H22N2OS. The van der Waals surface area contributed by atoms with Gasteiger partial charge < -0.3 is 9.30 Å². The number of benzene rings is 3. The molecule has 0 saturated carbocycles. The van der Waals surface area contributed by atoms with Crippen molar-refractivity contribution >= 4 is 17.0 Å². The van der Waals surface area contributed by atoms with Crippen molar-refractivity contribution in [2.24, 2.45) is 4.99 Å². The molecule has 0 unspecified atom stereocenters. The number of aryl methyl sites for hydroxylation is 1. The van der Waals surface area contributed by atoms with Gasteiger partial charge in [0.15, 0.2) is 4.80 Å². The lowest BCUT2D eigenvalue weighted by Gasteiger charge is -2.09. The molecule has 4 aromatic rings. The van der Waals surface area contributed by atoms with Crippen LogP contribution in [0.5, 0.6) is 5.75 Å². The van der Waals surface area contributed by atoms with E-state index < -0.39 is 0 Å². The van der Waals surface area contributed by atoms with Crippen molar-refractivity contribution in [3.05, 3.63) is 101 Å². The molecule has 0 saturated heterocycles. The second-order valence-electron chi connectivity index (χ2n) is 6.47. The summed E-state index contributed by atoms with van der Waals surface area (Å²) < 4.78 is 7.57. The van der Waals surface area contributed by atoms with E-state index in [-0.39, 0.29) is 0 Å². The average Bonchev–Trinajstić information content (AvgIpc) is 3.16. The van der Waals surface area contributed by atoms with Crippen molar-refractivity contribution in [3.8, 4) is 17.0 Å². The maximum atomic E-state index is 5.25. The van der Waals surface area contributed by atoms with E-state index in [0.29, 0.717) is 0 Å². The monoisotopic (exact) mass is 386 g/mol. The van der Waals surface area contributed by atoms with E-state index in [1.54, 1.807) is 18.4 Å². The largest absolute Gasteiger partial charge is 0.497 e. The Hall–Kier alpha value is -3.11. The van der Waals surface area contributed by atoms with Crippen molar-refractivity contribution in [2.45, 2.75) is 13.0 Å². The van der Waals surface area contributed by atoms with Crippen LogP contribution >= 0.6 is 11.3 Å². The van der Waals surface area contributed by atoms with Crippen molar-refractivity contribution in [1.82, 2.24) is 4.57 Å². The van der Waals surface area contributed by atoms with Crippen LogP contribution in [0.1, 0.15) is 5.56 Å². The van der Waals surface area contributed by atoms with Gasteiger partial charge in [-0.3, -0.25) is 0 Å². The van der Waals surface area contributed by atoms with Gasteiger partial charge >= 0.3 is 0 Å². The highest BCUT2D eigenvalue weighted by molar-refractivity contribution is 7.07. The molecule has 0 aliphatic carbocycles. The van der Waals surface area contributed by atoms with E-state index >= 15 is 0 Å². The maximum absolute atomic E-state index is 5.25. The Morgan fingerprint density at radius 2 is 1.54 bits per heavy atom. The summed E-state index contributed by atoms with van der Waals surface area (Å²) in [6, 6.07) is 29.0. The van der Waals surface area contributed by atoms with Crippen molar-refractivity contribution < 1.29 is 4.74 Å². The molecule has 0 spiro atoms. The lowest BCUT2D eigenvalue weighted by molar-refractivity contribution is 0.415. The van der Waals surface area contributed by atoms with Gasteiger partial charge in [0.25, 0.3) is 0 Å². The first-order chi connectivity index (χ1) is 13.8. The van der Waals surface area contributed by atoms with Crippen LogP contribution in [0.3, 0.4) is 0 Å². The fourth-order valence-electron chi connectivity index (χ4n) is 3.13. The third-order valence-electron chi connectivity index (χ3n) is 4.63. The van der Waals surface area contributed by atoms with Gasteiger partial charge in [-0.25, -0.2) is 4.99 Å². The lowest BCUT2D eigenvalue weighted by Crippen LogP contribution is -2.17. The van der Waals surface area contributed by atoms with Gasteiger partial charge in [-0.05, 0) is 41.8 Å². The molecule has 0 bridgehead atoms. The Morgan fingerprint density at radius 3 is 2.21 bits per heavy atom. The van der Waals surface area contributed by atoms with Crippen LogP contribution in [-0.4, -0.2) is 11.7 Å². The molecule has 0 aliphatic heterocycles. The van der Waals surface area contributed by atoms with Crippen LogP contribution in [0.4, 0.5) is 5.69 Å². The van der Waals surface area contributed by atoms with Gasteiger partial charge in [0, 0.05) is 11.9 Å². The third kappa shape index (κ3) is 4.24. The van der Waals surface area contributed by atoms with Crippen molar-refractivity contribution in [2.75, 3.05) is 7.11 Å². The number of aromatic nitrogens is 1. The zero-order chi connectivity index (χ0) is 19.2. The summed E-state index contributed by atoms with van der Waals surface area (Å²) in [6.07, 6.45) is 0.965. The van der Waals surface area contributed by atoms with Crippen LogP contribution in [0, 0.1) is 0 Å². The fraction of sp³-hybridized carbons (Fsp3) is 0.125. The molecule has 140 valence electrons. The second kappa shape index (κ2) is 8.72. The number of methoxy groups -OCH3 is 1. The van der Waals surface area contributed by atoms with Gasteiger partial charge in [-0.15, -0.1) is 11.3 Å². The van der Waals surface area contributed by atoms with E-state index in [2.05, 4.69) is 64.5 Å². The summed E-state index contributed by atoms with van der Waals surface area (Å²) in [6.45, 7) is 0.882. The summed E-state index contributed by atoms with van der Waals surface area (Å²) in [7, 11) is 1.68. The number of thiazole rings is 1. The predicted octanol–water partition coefficient (Wildman–Crippen LogP) is 5.70. The summed E-state index contributed by atoms with van der Waals surface area (Å²) in [4.78, 5) is 5.90. The molecule has 0 atom stereocenters. The molecule has 0 radical (unpaired) electrons. The predicted molar refractivity (Wildman–Crippen MR) is 116 cm³/mol. The first-order valence-corrected chi connectivity index (χ1v) is 10.2. The molecule has 28 heavy (non-hydrogen) atoms. The standard InChI is InChI=1S/C24H22N2OS/c1-27-22-14-12-21(13-15-22)25-24-26(17-16-19-8-4-2-5-9-19)23(18-28-24)20-10-6-3-7-11-20/h2-15,18H,16-17H2,1H3. The van der Waals surface area contributed by atoms with Crippen LogP contribution in [0.15, 0.2) is 95.3 Å². The topological polar surface area (TPSA) is 26.5 Å². The minimum atomic E-state index is 0.840. The summed E-state index contributed by atoms with van der Waals surface area (Å²) in [5.74, 6) is 0.840. The third-order valence-corrected chi connectivity index (χ3v) is 5.49. The van der Waals surface area contributed by atoms with Crippen molar-refractivity contribution in [1.29, 1.82) is 0 Å². The molecule has 0 aliphatic rings. The average molecular weight is 387 g/mol. The molecule has 0 amide bonds. The van der Waals surface area contributed by atoms with Crippen LogP contribution in [-0.2, 0) is 13.0 Å². The highest BCUT2D eigenvalue weighted by atomic mass is 32.1. The Bertz CT molecular complexity index is 1080. The number of hydrogen-bond acceptors (Lipinski definition) is 3. The number of ether oxygens (including phenoxy) is 1. The van der Waals surface area contributed by atoms with E-state index in [1.807, 2.05) is 30.3 Å². The van der Waals surface area contributed by atoms with Gasteiger partial charge in [0.1, 0.15) is 5.75 Å². The normalized spacial score (nSPS) is 11.5. The Balaban J connectivity index is 1.72. The zero-order valence-electron chi connectivity index (χ0n) is 15.8. The maximum Gasteiger partial charge on any atom is 0.190 e. The van der Waals surface area contributed by atoms with Crippen LogP contribution in [0.25, 0.3) is 11.3 Å². The zero-order valence-corrected chi connectivity index (χ0v) is 16.6. The van der Waals surface area contributed by atoms with Gasteiger partial charge in [0.2, 0.25) is 0 Å². The first-order valence-electron chi connectivity index (χ1n) is 9.30. The van der Waals surface area contributed by atoms with E-state index in [0.717, 1.165) is 29.2 Å². The molecule has 3 nitrogen and oxygen atoms in total. The molecular weight excluding hydrogens is 364 g/mol. The quantitative estimate of drug-likeness (QED) is 0.417. The van der Waals surface area contributed by atoms with E-state index in [9.17, 15) is 0 Å². The fourth-order valence-corrected chi connectivity index (χ4v) is 4.08. The molecule has 3 aromatic carbocycles. The molecule has 0 N–H and O–H groups in total. The summed E-state index contributed by atoms with van der Waals surface area (Å²) in [5, 5.41) is 2.20. The number of hydrogen-bond donors (Lipinski definition) is 0. The molecule has 1 aromatic heterocycles. The SMILES string of the molecule is COc1ccc(N=c2scc(-c3ccccc3)n2CCc2ccccc2)cc1. The second-order valence-corrected chi connectivity index (χ2v) is 7.30. The Kier molecular flexibility index (Phi) is 5.69. The Labute approximate surface area is 169 Å². The smallest absolute Gasteiger partial charge is 0.190 e.